The van der Waals surface area contributed by atoms with E-state index in [2.05, 4.69) is 15.0 Å². The number of aromatic amines is 1. The van der Waals surface area contributed by atoms with Gasteiger partial charge in [0.1, 0.15) is 11.8 Å². The van der Waals surface area contributed by atoms with Crippen molar-refractivity contribution >= 4 is 28.2 Å². The van der Waals surface area contributed by atoms with Crippen LogP contribution in [0.3, 0.4) is 0 Å². The van der Waals surface area contributed by atoms with Crippen molar-refractivity contribution in [2.45, 2.75) is 25.3 Å². The van der Waals surface area contributed by atoms with E-state index in [-0.39, 0.29) is 11.5 Å². The van der Waals surface area contributed by atoms with Crippen LogP contribution in [-0.2, 0) is 17.6 Å². The second-order valence-corrected chi connectivity index (χ2v) is 7.72. The summed E-state index contributed by atoms with van der Waals surface area (Å²) >= 11 is 1.54. The van der Waals surface area contributed by atoms with Gasteiger partial charge in [-0.1, -0.05) is 12.1 Å². The number of aryl methyl sites for hydroxylation is 1. The number of imidazole rings is 1. The number of thiazole rings is 1. The molecule has 6 nitrogen and oxygen atoms in total. The lowest BCUT2D eigenvalue weighted by molar-refractivity contribution is -0.133. The fraction of sp³-hybridized carbons (Fsp3) is 0.250. The number of benzene rings is 1. The molecule has 1 N–H and O–H groups in total. The standard InChI is InChI=1S/C20H17FN4O2S/c21-13-3-1-2-12-10-15(27-20(12)13)19-18-14(23-11-24-18)6-8-25(19)17(26)5-4-16-22-7-9-28-16/h1-3,7,9-11,19H,4-6,8H2,(H,23,24)/t19-/m1/s1. The molecule has 0 aliphatic carbocycles. The number of furan rings is 1. The average molecular weight is 396 g/mol. The smallest absolute Gasteiger partial charge is 0.223 e. The number of H-pyrrole nitrogens is 1. The molecule has 1 aromatic carbocycles. The lowest BCUT2D eigenvalue weighted by Crippen LogP contribution is -2.40. The Morgan fingerprint density at radius 1 is 1.39 bits per heavy atom. The van der Waals surface area contributed by atoms with Crippen molar-refractivity contribution < 1.29 is 13.6 Å². The zero-order valence-electron chi connectivity index (χ0n) is 14.9. The minimum atomic E-state index is -0.467. The van der Waals surface area contributed by atoms with Crippen molar-refractivity contribution in [3.8, 4) is 0 Å². The molecule has 0 saturated carbocycles. The maximum absolute atomic E-state index is 14.1. The number of rotatable bonds is 4. The fourth-order valence-corrected chi connectivity index (χ4v) is 4.37. The van der Waals surface area contributed by atoms with E-state index in [9.17, 15) is 9.18 Å². The molecule has 0 radical (unpaired) electrons. The Labute approximate surface area is 164 Å². The van der Waals surface area contributed by atoms with Crippen molar-refractivity contribution in [3.05, 3.63) is 70.1 Å². The number of hydrogen-bond donors (Lipinski definition) is 1. The molecule has 0 bridgehead atoms. The molecule has 1 aliphatic rings. The third kappa shape index (κ3) is 2.90. The van der Waals surface area contributed by atoms with E-state index < -0.39 is 11.9 Å². The fourth-order valence-electron chi connectivity index (χ4n) is 3.75. The van der Waals surface area contributed by atoms with E-state index in [4.69, 9.17) is 4.42 Å². The van der Waals surface area contributed by atoms with Gasteiger partial charge in [0.15, 0.2) is 11.4 Å². The average Bonchev–Trinajstić information content (AvgIpc) is 3.45. The lowest BCUT2D eigenvalue weighted by Gasteiger charge is -2.33. The van der Waals surface area contributed by atoms with Gasteiger partial charge in [-0.25, -0.2) is 14.4 Å². The molecule has 4 heterocycles. The number of halogens is 1. The number of nitrogens with one attached hydrogen (secondary N) is 1. The van der Waals surface area contributed by atoms with Gasteiger partial charge in [-0.15, -0.1) is 11.3 Å². The minimum absolute atomic E-state index is 0.00905. The third-order valence-electron chi connectivity index (χ3n) is 5.07. The summed E-state index contributed by atoms with van der Waals surface area (Å²) in [7, 11) is 0. The van der Waals surface area contributed by atoms with Crippen LogP contribution in [0.1, 0.15) is 34.6 Å². The van der Waals surface area contributed by atoms with Crippen LogP contribution in [0.2, 0.25) is 0 Å². The number of hydrogen-bond acceptors (Lipinski definition) is 5. The zero-order valence-corrected chi connectivity index (χ0v) is 15.7. The molecule has 4 aromatic rings. The van der Waals surface area contributed by atoms with E-state index in [1.165, 1.54) is 6.07 Å². The van der Waals surface area contributed by atoms with Crippen LogP contribution in [0.4, 0.5) is 4.39 Å². The summed E-state index contributed by atoms with van der Waals surface area (Å²) in [6.07, 6.45) is 5.03. The second kappa shape index (κ2) is 6.87. The van der Waals surface area contributed by atoms with Gasteiger partial charge >= 0.3 is 0 Å². The summed E-state index contributed by atoms with van der Waals surface area (Å²) in [6, 6.07) is 6.15. The van der Waals surface area contributed by atoms with Crippen LogP contribution >= 0.6 is 11.3 Å². The molecular weight excluding hydrogens is 379 g/mol. The Morgan fingerprint density at radius 2 is 2.32 bits per heavy atom. The largest absolute Gasteiger partial charge is 0.455 e. The van der Waals surface area contributed by atoms with E-state index in [0.29, 0.717) is 37.0 Å². The van der Waals surface area contributed by atoms with Gasteiger partial charge in [-0.2, -0.15) is 0 Å². The van der Waals surface area contributed by atoms with Crippen molar-refractivity contribution in [2.75, 3.05) is 6.54 Å². The molecule has 1 aliphatic heterocycles. The molecule has 8 heteroatoms. The first-order valence-electron chi connectivity index (χ1n) is 9.08. The van der Waals surface area contributed by atoms with E-state index in [1.54, 1.807) is 47.0 Å². The number of carbonyl (C=O) groups is 1. The Morgan fingerprint density at radius 3 is 3.14 bits per heavy atom. The van der Waals surface area contributed by atoms with Crippen LogP contribution < -0.4 is 0 Å². The summed E-state index contributed by atoms with van der Waals surface area (Å²) in [5.41, 5.74) is 1.94. The second-order valence-electron chi connectivity index (χ2n) is 6.74. The van der Waals surface area contributed by atoms with E-state index in [1.807, 2.05) is 5.38 Å². The molecule has 0 unspecified atom stereocenters. The lowest BCUT2D eigenvalue weighted by atomic mass is 9.99. The first kappa shape index (κ1) is 17.1. The monoisotopic (exact) mass is 396 g/mol. The first-order valence-corrected chi connectivity index (χ1v) is 9.96. The molecule has 0 spiro atoms. The van der Waals surface area contributed by atoms with E-state index >= 15 is 0 Å². The Hall–Kier alpha value is -3.00. The van der Waals surface area contributed by atoms with Crippen molar-refractivity contribution in [2.24, 2.45) is 0 Å². The Kier molecular flexibility index (Phi) is 4.20. The molecule has 1 amide bonds. The van der Waals surface area contributed by atoms with Gasteiger partial charge in [-0.3, -0.25) is 4.79 Å². The maximum atomic E-state index is 14.1. The molecule has 28 heavy (non-hydrogen) atoms. The maximum Gasteiger partial charge on any atom is 0.223 e. The minimum Gasteiger partial charge on any atom is -0.455 e. The quantitative estimate of drug-likeness (QED) is 0.568. The molecule has 142 valence electrons. The summed E-state index contributed by atoms with van der Waals surface area (Å²) in [5, 5.41) is 3.52. The van der Waals surface area contributed by atoms with E-state index in [0.717, 1.165) is 16.4 Å². The molecule has 0 saturated heterocycles. The number of para-hydroxylation sites is 1. The third-order valence-corrected chi connectivity index (χ3v) is 5.91. The number of amides is 1. The van der Waals surface area contributed by atoms with Crippen LogP contribution in [0, 0.1) is 5.82 Å². The Bertz CT molecular complexity index is 1130. The van der Waals surface area contributed by atoms with Gasteiger partial charge in [-0.05, 0) is 12.1 Å². The predicted octanol–water partition coefficient (Wildman–Crippen LogP) is 3.86. The highest BCUT2D eigenvalue weighted by Gasteiger charge is 2.36. The number of aromatic nitrogens is 3. The normalized spacial score (nSPS) is 16.5. The van der Waals surface area contributed by atoms with Gasteiger partial charge in [0, 0.05) is 48.5 Å². The highest BCUT2D eigenvalue weighted by Crippen LogP contribution is 2.37. The molecule has 1 atom stereocenters. The number of fused-ring (bicyclic) bond motifs is 2. The highest BCUT2D eigenvalue weighted by atomic mass is 32.1. The molecular formula is C20H17FN4O2S. The van der Waals surface area contributed by atoms with Crippen molar-refractivity contribution in [1.29, 1.82) is 0 Å². The SMILES string of the molecule is O=C(CCc1nccs1)N1CCc2[nH]cnc2[C@H]1c1cc2cccc(F)c2o1. The summed E-state index contributed by atoms with van der Waals surface area (Å²) in [4.78, 5) is 26.7. The van der Waals surface area contributed by atoms with Gasteiger partial charge in [0.25, 0.3) is 0 Å². The van der Waals surface area contributed by atoms with Gasteiger partial charge in [0.2, 0.25) is 5.91 Å². The number of nitrogens with zero attached hydrogens (tertiary/aromatic N) is 3. The summed E-state index contributed by atoms with van der Waals surface area (Å²) in [6.45, 7) is 0.552. The van der Waals surface area contributed by atoms with Crippen LogP contribution in [-0.4, -0.2) is 32.3 Å². The van der Waals surface area contributed by atoms with Crippen LogP contribution in [0.5, 0.6) is 0 Å². The molecule has 3 aromatic heterocycles. The highest BCUT2D eigenvalue weighted by molar-refractivity contribution is 7.09. The van der Waals surface area contributed by atoms with Crippen molar-refractivity contribution in [1.82, 2.24) is 19.9 Å². The zero-order chi connectivity index (χ0) is 19.1. The predicted molar refractivity (Wildman–Crippen MR) is 102 cm³/mol. The van der Waals surface area contributed by atoms with Gasteiger partial charge < -0.3 is 14.3 Å². The number of carbonyl (C=O) groups excluding carboxylic acids is 1. The van der Waals surface area contributed by atoms with Crippen LogP contribution in [0.25, 0.3) is 11.0 Å². The molecule has 5 rings (SSSR count). The topological polar surface area (TPSA) is 75.0 Å². The van der Waals surface area contributed by atoms with Crippen LogP contribution in [0.15, 0.2) is 46.6 Å². The summed E-state index contributed by atoms with van der Waals surface area (Å²) in [5.74, 6) is 0.119. The first-order chi connectivity index (χ1) is 13.7. The molecule has 0 fully saturated rings. The summed E-state index contributed by atoms with van der Waals surface area (Å²) < 4.78 is 20.0. The Balaban J connectivity index is 1.50. The van der Waals surface area contributed by atoms with Gasteiger partial charge in [0.05, 0.1) is 17.0 Å². The van der Waals surface area contributed by atoms with Crippen molar-refractivity contribution in [3.63, 3.8) is 0 Å².